The van der Waals surface area contributed by atoms with Gasteiger partial charge in [-0.15, -0.1) is 0 Å². The molecule has 1 aliphatic rings. The highest BCUT2D eigenvalue weighted by atomic mass is 16.6. The number of nitrogens with one attached hydrogen (secondary N) is 1. The predicted molar refractivity (Wildman–Crippen MR) is 49.1 cm³/mol. The first-order chi connectivity index (χ1) is 6.18. The van der Waals surface area contributed by atoms with Crippen LogP contribution in [0.1, 0.15) is 6.92 Å². The van der Waals surface area contributed by atoms with Crippen LogP contribution >= 0.6 is 0 Å². The Bertz CT molecular complexity index is 169. The summed E-state index contributed by atoms with van der Waals surface area (Å²) in [5, 5.41) is 3.24. The third kappa shape index (κ3) is 4.21. The predicted octanol–water partition coefficient (Wildman–Crippen LogP) is -1.26. The van der Waals surface area contributed by atoms with Crippen molar-refractivity contribution in [3.05, 3.63) is 0 Å². The maximum absolute atomic E-state index is 10.6. The highest BCUT2D eigenvalue weighted by molar-refractivity contribution is 5.66. The van der Waals surface area contributed by atoms with E-state index >= 15 is 0 Å². The molecule has 1 heterocycles. The van der Waals surface area contributed by atoms with Gasteiger partial charge in [-0.2, -0.15) is 0 Å². The topological polar surface area (TPSA) is 67.6 Å². The molecule has 1 saturated heterocycles. The molecule has 3 N–H and O–H groups in total. The summed E-state index contributed by atoms with van der Waals surface area (Å²) in [5.74, 6) is -0.317. The van der Waals surface area contributed by atoms with E-state index in [9.17, 15) is 4.79 Å². The molecule has 0 aliphatic carbocycles. The number of nitrogens with zero attached hydrogens (tertiary/aromatic N) is 1. The van der Waals surface area contributed by atoms with Gasteiger partial charge in [0.1, 0.15) is 0 Å². The van der Waals surface area contributed by atoms with Crippen molar-refractivity contribution in [1.82, 2.24) is 10.2 Å². The lowest BCUT2D eigenvalue weighted by atomic mass is 10.3. The van der Waals surface area contributed by atoms with Crippen LogP contribution in [0.25, 0.3) is 0 Å². The minimum Gasteiger partial charge on any atom is -0.446 e. The number of hydrogen-bond acceptors (Lipinski definition) is 5. The quantitative estimate of drug-likeness (QED) is 0.426. The van der Waals surface area contributed by atoms with E-state index in [0.29, 0.717) is 6.54 Å². The van der Waals surface area contributed by atoms with E-state index in [0.717, 1.165) is 26.2 Å². The van der Waals surface area contributed by atoms with E-state index in [4.69, 9.17) is 10.5 Å². The SMILES string of the molecule is CC(=O)OC(N)CN1CCNCC1. The normalized spacial score (nSPS) is 21.1. The number of carbonyl (C=O) groups is 1. The number of esters is 1. The highest BCUT2D eigenvalue weighted by Gasteiger charge is 2.14. The maximum Gasteiger partial charge on any atom is 0.304 e. The van der Waals surface area contributed by atoms with Crippen molar-refractivity contribution < 1.29 is 9.53 Å². The Morgan fingerprint density at radius 2 is 2.23 bits per heavy atom. The van der Waals surface area contributed by atoms with Crippen molar-refractivity contribution in [3.8, 4) is 0 Å². The molecule has 13 heavy (non-hydrogen) atoms. The third-order valence-electron chi connectivity index (χ3n) is 1.97. The van der Waals surface area contributed by atoms with Crippen LogP contribution in [0.2, 0.25) is 0 Å². The molecule has 1 fully saturated rings. The Morgan fingerprint density at radius 1 is 1.62 bits per heavy atom. The Balaban J connectivity index is 2.18. The third-order valence-corrected chi connectivity index (χ3v) is 1.97. The summed E-state index contributed by atoms with van der Waals surface area (Å²) >= 11 is 0. The standard InChI is InChI=1S/C8H17N3O2/c1-7(12)13-8(9)6-11-4-2-10-3-5-11/h8,10H,2-6,9H2,1H3. The molecule has 0 radical (unpaired) electrons. The van der Waals surface area contributed by atoms with E-state index in [1.165, 1.54) is 6.92 Å². The molecule has 5 nitrogen and oxygen atoms in total. The van der Waals surface area contributed by atoms with Crippen molar-refractivity contribution in [3.63, 3.8) is 0 Å². The zero-order valence-electron chi connectivity index (χ0n) is 7.95. The van der Waals surface area contributed by atoms with Gasteiger partial charge in [-0.25, -0.2) is 0 Å². The van der Waals surface area contributed by atoms with E-state index in [2.05, 4.69) is 10.2 Å². The summed E-state index contributed by atoms with van der Waals surface area (Å²) in [6.45, 7) is 5.89. The van der Waals surface area contributed by atoms with E-state index in [-0.39, 0.29) is 5.97 Å². The number of hydrogen-bond donors (Lipinski definition) is 2. The first kappa shape index (κ1) is 10.4. The molecule has 1 aliphatic heterocycles. The molecule has 0 spiro atoms. The second-order valence-electron chi connectivity index (χ2n) is 3.20. The molecular weight excluding hydrogens is 170 g/mol. The van der Waals surface area contributed by atoms with Gasteiger partial charge in [-0.1, -0.05) is 0 Å². The zero-order chi connectivity index (χ0) is 9.68. The molecular formula is C8H17N3O2. The highest BCUT2D eigenvalue weighted by Crippen LogP contribution is 1.95. The second kappa shape index (κ2) is 5.16. The minimum absolute atomic E-state index is 0.317. The fraction of sp³-hybridized carbons (Fsp3) is 0.875. The summed E-state index contributed by atoms with van der Waals surface area (Å²) in [5.41, 5.74) is 5.60. The lowest BCUT2D eigenvalue weighted by Crippen LogP contribution is -2.48. The van der Waals surface area contributed by atoms with Crippen molar-refractivity contribution in [1.29, 1.82) is 0 Å². The Morgan fingerprint density at radius 3 is 2.77 bits per heavy atom. The summed E-state index contributed by atoms with van der Waals surface area (Å²) in [7, 11) is 0. The monoisotopic (exact) mass is 187 g/mol. The summed E-state index contributed by atoms with van der Waals surface area (Å²) < 4.78 is 4.83. The Labute approximate surface area is 78.2 Å². The Kier molecular flexibility index (Phi) is 4.14. The number of ether oxygens (including phenoxy) is 1. The number of piperazine rings is 1. The maximum atomic E-state index is 10.6. The molecule has 0 saturated carbocycles. The van der Waals surface area contributed by atoms with Crippen LogP contribution in [0, 0.1) is 0 Å². The van der Waals surface area contributed by atoms with Crippen LogP contribution in [0.3, 0.4) is 0 Å². The molecule has 0 aromatic rings. The average Bonchev–Trinajstić information content (AvgIpc) is 2.04. The van der Waals surface area contributed by atoms with Crippen LogP contribution in [-0.4, -0.2) is 49.8 Å². The lowest BCUT2D eigenvalue weighted by molar-refractivity contribution is -0.146. The second-order valence-corrected chi connectivity index (χ2v) is 3.20. The van der Waals surface area contributed by atoms with Crippen LogP contribution in [0.15, 0.2) is 0 Å². The first-order valence-electron chi connectivity index (χ1n) is 4.54. The molecule has 76 valence electrons. The smallest absolute Gasteiger partial charge is 0.304 e. The van der Waals surface area contributed by atoms with Gasteiger partial charge in [0.15, 0.2) is 6.23 Å². The average molecular weight is 187 g/mol. The van der Waals surface area contributed by atoms with Crippen LogP contribution in [-0.2, 0) is 9.53 Å². The van der Waals surface area contributed by atoms with Gasteiger partial charge in [0.25, 0.3) is 0 Å². The fourth-order valence-electron chi connectivity index (χ4n) is 1.40. The van der Waals surface area contributed by atoms with Gasteiger partial charge >= 0.3 is 5.97 Å². The minimum atomic E-state index is -0.490. The number of nitrogens with two attached hydrogens (primary N) is 1. The van der Waals surface area contributed by atoms with Crippen LogP contribution < -0.4 is 11.1 Å². The summed E-state index contributed by atoms with van der Waals surface area (Å²) in [6.07, 6.45) is -0.490. The van der Waals surface area contributed by atoms with E-state index < -0.39 is 6.23 Å². The van der Waals surface area contributed by atoms with Gasteiger partial charge in [0, 0.05) is 39.6 Å². The van der Waals surface area contributed by atoms with Gasteiger partial charge < -0.3 is 10.1 Å². The molecule has 0 aromatic heterocycles. The van der Waals surface area contributed by atoms with Crippen molar-refractivity contribution >= 4 is 5.97 Å². The molecule has 1 rings (SSSR count). The van der Waals surface area contributed by atoms with Crippen molar-refractivity contribution in [2.75, 3.05) is 32.7 Å². The van der Waals surface area contributed by atoms with Crippen molar-refractivity contribution in [2.24, 2.45) is 5.73 Å². The van der Waals surface area contributed by atoms with Gasteiger partial charge in [0.2, 0.25) is 0 Å². The summed E-state index contributed by atoms with van der Waals surface area (Å²) in [6, 6.07) is 0. The molecule has 0 aromatic carbocycles. The number of carbonyl (C=O) groups excluding carboxylic acids is 1. The number of rotatable bonds is 3. The van der Waals surface area contributed by atoms with E-state index in [1.807, 2.05) is 0 Å². The molecule has 0 amide bonds. The largest absolute Gasteiger partial charge is 0.446 e. The molecule has 1 atom stereocenters. The van der Waals surface area contributed by atoms with Gasteiger partial charge in [-0.05, 0) is 0 Å². The van der Waals surface area contributed by atoms with Gasteiger partial charge in [-0.3, -0.25) is 15.4 Å². The van der Waals surface area contributed by atoms with Crippen LogP contribution in [0.5, 0.6) is 0 Å². The van der Waals surface area contributed by atoms with Crippen molar-refractivity contribution in [2.45, 2.75) is 13.2 Å². The first-order valence-corrected chi connectivity index (χ1v) is 4.54. The molecule has 1 unspecified atom stereocenters. The summed E-state index contributed by atoms with van der Waals surface area (Å²) in [4.78, 5) is 12.7. The fourth-order valence-corrected chi connectivity index (χ4v) is 1.40. The Hall–Kier alpha value is -0.650. The zero-order valence-corrected chi connectivity index (χ0v) is 7.95. The van der Waals surface area contributed by atoms with E-state index in [1.54, 1.807) is 0 Å². The molecule has 0 bridgehead atoms. The molecule has 5 heteroatoms. The van der Waals surface area contributed by atoms with Gasteiger partial charge in [0.05, 0.1) is 0 Å². The lowest BCUT2D eigenvalue weighted by Gasteiger charge is -2.28. The van der Waals surface area contributed by atoms with Crippen LogP contribution in [0.4, 0.5) is 0 Å².